The molecule has 21 heavy (non-hydrogen) atoms. The highest BCUT2D eigenvalue weighted by molar-refractivity contribution is 5.55. The third-order valence-electron chi connectivity index (χ3n) is 4.46. The van der Waals surface area contributed by atoms with Crippen molar-refractivity contribution in [3.05, 3.63) is 29.8 Å². The lowest BCUT2D eigenvalue weighted by atomic mass is 10.0. The Kier molecular flexibility index (Phi) is 6.10. The number of fused-ring (bicyclic) bond motifs is 1. The van der Waals surface area contributed by atoms with Crippen molar-refractivity contribution in [2.24, 2.45) is 0 Å². The van der Waals surface area contributed by atoms with Crippen molar-refractivity contribution in [2.75, 3.05) is 18.0 Å². The quantitative estimate of drug-likeness (QED) is 0.729. The molecule has 0 radical (unpaired) electrons. The van der Waals surface area contributed by atoms with Gasteiger partial charge in [0.25, 0.3) is 0 Å². The maximum absolute atomic E-state index is 3.68. The molecule has 2 nitrogen and oxygen atoms in total. The van der Waals surface area contributed by atoms with Crippen LogP contribution in [0.5, 0.6) is 0 Å². The molecule has 1 N–H and O–H groups in total. The van der Waals surface area contributed by atoms with Gasteiger partial charge in [-0.1, -0.05) is 57.2 Å². The summed E-state index contributed by atoms with van der Waals surface area (Å²) in [5, 5.41) is 3.68. The molecule has 118 valence electrons. The van der Waals surface area contributed by atoms with Crippen LogP contribution in [0.15, 0.2) is 24.3 Å². The summed E-state index contributed by atoms with van der Waals surface area (Å²) in [6.07, 6.45) is 8.20. The molecule has 1 aliphatic heterocycles. The van der Waals surface area contributed by atoms with Crippen LogP contribution in [0.2, 0.25) is 0 Å². The van der Waals surface area contributed by atoms with Crippen LogP contribution in [-0.2, 0) is 6.54 Å². The van der Waals surface area contributed by atoms with E-state index in [0.29, 0.717) is 0 Å². The van der Waals surface area contributed by atoms with Crippen molar-refractivity contribution in [3.63, 3.8) is 0 Å². The Labute approximate surface area is 130 Å². The predicted octanol–water partition coefficient (Wildman–Crippen LogP) is 4.74. The molecule has 1 aromatic rings. The van der Waals surface area contributed by atoms with Crippen LogP contribution in [0.1, 0.15) is 64.9 Å². The summed E-state index contributed by atoms with van der Waals surface area (Å²) in [5.74, 6) is 0. The molecule has 1 aliphatic rings. The number of hydrogen-bond acceptors (Lipinski definition) is 2. The van der Waals surface area contributed by atoms with E-state index in [1.807, 2.05) is 0 Å². The zero-order valence-electron chi connectivity index (χ0n) is 14.1. The number of nitrogens with one attached hydrogen (secondary N) is 1. The second kappa shape index (κ2) is 7.84. The van der Waals surface area contributed by atoms with Crippen LogP contribution in [0.25, 0.3) is 0 Å². The van der Waals surface area contributed by atoms with Crippen molar-refractivity contribution in [2.45, 2.75) is 71.4 Å². The highest BCUT2D eigenvalue weighted by atomic mass is 15.2. The van der Waals surface area contributed by atoms with Gasteiger partial charge >= 0.3 is 0 Å². The first kappa shape index (κ1) is 16.4. The zero-order chi connectivity index (χ0) is 15.1. The topological polar surface area (TPSA) is 15.3 Å². The number of nitrogens with zero attached hydrogens (tertiary/aromatic N) is 1. The first-order chi connectivity index (χ1) is 10.1. The third kappa shape index (κ3) is 5.03. The molecule has 0 aromatic heterocycles. The first-order valence-electron chi connectivity index (χ1n) is 8.70. The standard InChI is InChI=1S/C19H32N2/c1-4-5-6-7-8-11-14-21-16-19(2,3)20-15-17-12-9-10-13-18(17)21/h9-10,12-13,20H,4-8,11,14-16H2,1-3H3. The van der Waals surface area contributed by atoms with Gasteiger partial charge in [-0.2, -0.15) is 0 Å². The molecule has 0 aliphatic carbocycles. The van der Waals surface area contributed by atoms with Gasteiger partial charge in [-0.05, 0) is 31.9 Å². The molecule has 0 bridgehead atoms. The maximum atomic E-state index is 3.68. The minimum atomic E-state index is 0.182. The van der Waals surface area contributed by atoms with Crippen molar-refractivity contribution >= 4 is 5.69 Å². The smallest absolute Gasteiger partial charge is 0.0412 e. The monoisotopic (exact) mass is 288 g/mol. The molecule has 0 saturated heterocycles. The van der Waals surface area contributed by atoms with E-state index in [-0.39, 0.29) is 5.54 Å². The number of anilines is 1. The largest absolute Gasteiger partial charge is 0.369 e. The van der Waals surface area contributed by atoms with Gasteiger partial charge < -0.3 is 10.2 Å². The van der Waals surface area contributed by atoms with Crippen LogP contribution in [-0.4, -0.2) is 18.6 Å². The molecule has 0 saturated carbocycles. The molecular formula is C19H32N2. The Hall–Kier alpha value is -1.02. The van der Waals surface area contributed by atoms with E-state index in [0.717, 1.165) is 13.1 Å². The molecule has 1 aromatic carbocycles. The molecule has 0 unspecified atom stereocenters. The summed E-state index contributed by atoms with van der Waals surface area (Å²) in [4.78, 5) is 2.59. The van der Waals surface area contributed by atoms with Gasteiger partial charge in [0.15, 0.2) is 0 Å². The second-order valence-electron chi connectivity index (χ2n) is 7.06. The summed E-state index contributed by atoms with van der Waals surface area (Å²) >= 11 is 0. The van der Waals surface area contributed by atoms with Crippen LogP contribution in [0.4, 0.5) is 5.69 Å². The average Bonchev–Trinajstić information content (AvgIpc) is 2.60. The fourth-order valence-corrected chi connectivity index (χ4v) is 3.20. The third-order valence-corrected chi connectivity index (χ3v) is 4.46. The minimum Gasteiger partial charge on any atom is -0.369 e. The lowest BCUT2D eigenvalue weighted by molar-refractivity contribution is 0.394. The van der Waals surface area contributed by atoms with Crippen molar-refractivity contribution < 1.29 is 0 Å². The maximum Gasteiger partial charge on any atom is 0.0412 e. The van der Waals surface area contributed by atoms with Crippen LogP contribution >= 0.6 is 0 Å². The van der Waals surface area contributed by atoms with Gasteiger partial charge in [-0.15, -0.1) is 0 Å². The first-order valence-corrected chi connectivity index (χ1v) is 8.70. The Bertz CT molecular complexity index is 425. The Morgan fingerprint density at radius 2 is 1.76 bits per heavy atom. The van der Waals surface area contributed by atoms with E-state index in [4.69, 9.17) is 0 Å². The highest BCUT2D eigenvalue weighted by Crippen LogP contribution is 2.26. The van der Waals surface area contributed by atoms with Crippen LogP contribution in [0.3, 0.4) is 0 Å². The van der Waals surface area contributed by atoms with Gasteiger partial charge in [0.1, 0.15) is 0 Å². The SMILES string of the molecule is CCCCCCCCN1CC(C)(C)NCc2ccccc21. The molecule has 2 heteroatoms. The van der Waals surface area contributed by atoms with E-state index in [2.05, 4.69) is 55.3 Å². The normalized spacial score (nSPS) is 17.4. The van der Waals surface area contributed by atoms with Crippen LogP contribution < -0.4 is 10.2 Å². The van der Waals surface area contributed by atoms with Gasteiger partial charge in [0.2, 0.25) is 0 Å². The lowest BCUT2D eigenvalue weighted by Crippen LogP contribution is -2.47. The number of hydrogen-bond donors (Lipinski definition) is 1. The van der Waals surface area contributed by atoms with Gasteiger partial charge in [-0.25, -0.2) is 0 Å². The van der Waals surface area contributed by atoms with E-state index in [9.17, 15) is 0 Å². The van der Waals surface area contributed by atoms with Gasteiger partial charge in [0, 0.05) is 30.9 Å². The summed E-state index contributed by atoms with van der Waals surface area (Å²) in [5.41, 5.74) is 3.06. The minimum absolute atomic E-state index is 0.182. The van der Waals surface area contributed by atoms with E-state index in [1.165, 1.54) is 56.3 Å². The van der Waals surface area contributed by atoms with Gasteiger partial charge in [-0.3, -0.25) is 0 Å². The summed E-state index contributed by atoms with van der Waals surface area (Å²) < 4.78 is 0. The average molecular weight is 288 g/mol. The summed E-state index contributed by atoms with van der Waals surface area (Å²) in [7, 11) is 0. The molecule has 0 spiro atoms. The molecule has 1 heterocycles. The van der Waals surface area contributed by atoms with Crippen molar-refractivity contribution in [1.82, 2.24) is 5.32 Å². The van der Waals surface area contributed by atoms with E-state index < -0.39 is 0 Å². The van der Waals surface area contributed by atoms with Gasteiger partial charge in [0.05, 0.1) is 0 Å². The number of rotatable bonds is 7. The molecule has 0 fully saturated rings. The van der Waals surface area contributed by atoms with Crippen LogP contribution in [0, 0.1) is 0 Å². The highest BCUT2D eigenvalue weighted by Gasteiger charge is 2.26. The van der Waals surface area contributed by atoms with E-state index in [1.54, 1.807) is 0 Å². The number of benzene rings is 1. The summed E-state index contributed by atoms with van der Waals surface area (Å²) in [6, 6.07) is 8.88. The molecular weight excluding hydrogens is 256 g/mol. The molecule has 2 rings (SSSR count). The Morgan fingerprint density at radius 1 is 1.05 bits per heavy atom. The van der Waals surface area contributed by atoms with Crippen molar-refractivity contribution in [1.29, 1.82) is 0 Å². The zero-order valence-corrected chi connectivity index (χ0v) is 14.1. The summed E-state index contributed by atoms with van der Waals surface area (Å²) in [6.45, 7) is 10.2. The molecule has 0 amide bonds. The molecule has 0 atom stereocenters. The second-order valence-corrected chi connectivity index (χ2v) is 7.06. The number of unbranched alkanes of at least 4 members (excludes halogenated alkanes) is 5. The fraction of sp³-hybridized carbons (Fsp3) is 0.684. The number of para-hydroxylation sites is 1. The van der Waals surface area contributed by atoms with E-state index >= 15 is 0 Å². The van der Waals surface area contributed by atoms with Crippen molar-refractivity contribution in [3.8, 4) is 0 Å². The predicted molar refractivity (Wildman–Crippen MR) is 92.9 cm³/mol. The Morgan fingerprint density at radius 3 is 2.57 bits per heavy atom. The lowest BCUT2D eigenvalue weighted by Gasteiger charge is -2.32. The Balaban J connectivity index is 1.92. The fourth-order valence-electron chi connectivity index (χ4n) is 3.20.